The van der Waals surface area contributed by atoms with E-state index in [1.165, 1.54) is 23.9 Å². The zero-order chi connectivity index (χ0) is 26.3. The Bertz CT molecular complexity index is 1450. The predicted octanol–water partition coefficient (Wildman–Crippen LogP) is 6.21. The van der Waals surface area contributed by atoms with E-state index in [9.17, 15) is 17.6 Å². The maximum Gasteiger partial charge on any atom is 0.264 e. The molecule has 0 saturated carbocycles. The van der Waals surface area contributed by atoms with Crippen LogP contribution in [0.3, 0.4) is 0 Å². The number of carbonyl (C=O) groups excluding carboxylic acids is 1. The van der Waals surface area contributed by atoms with Crippen molar-refractivity contribution in [3.63, 3.8) is 0 Å². The lowest BCUT2D eigenvalue weighted by atomic mass is 10.3. The van der Waals surface area contributed by atoms with Crippen molar-refractivity contribution in [2.75, 3.05) is 22.8 Å². The summed E-state index contributed by atoms with van der Waals surface area (Å²) in [4.78, 5) is 14.9. The van der Waals surface area contributed by atoms with Gasteiger partial charge in [0.2, 0.25) is 5.91 Å². The normalized spacial score (nSPS) is 11.1. The van der Waals surface area contributed by atoms with Crippen molar-refractivity contribution in [2.24, 2.45) is 0 Å². The highest BCUT2D eigenvalue weighted by Gasteiger charge is 2.27. The average molecular weight is 537 g/mol. The molecule has 4 rings (SSSR count). The van der Waals surface area contributed by atoms with E-state index in [4.69, 9.17) is 4.74 Å². The molecular formula is C28H25FN2O4S2. The summed E-state index contributed by atoms with van der Waals surface area (Å²) in [6.45, 7) is 1.81. The molecule has 4 aromatic carbocycles. The number of nitrogens with zero attached hydrogens (tertiary/aromatic N) is 1. The van der Waals surface area contributed by atoms with Crippen LogP contribution in [-0.2, 0) is 14.8 Å². The lowest BCUT2D eigenvalue weighted by Crippen LogP contribution is -2.38. The molecular weight excluding hydrogens is 511 g/mol. The van der Waals surface area contributed by atoms with Crippen LogP contribution in [0, 0.1) is 5.82 Å². The first-order chi connectivity index (χ1) is 17.9. The number of benzene rings is 4. The molecule has 0 unspecified atom stereocenters. The van der Waals surface area contributed by atoms with Crippen LogP contribution in [0.1, 0.15) is 6.92 Å². The molecule has 0 radical (unpaired) electrons. The summed E-state index contributed by atoms with van der Waals surface area (Å²) in [6, 6.07) is 27.9. The standard InChI is InChI=1S/C28H25FN2O4S2/c1-2-35-23-16-14-22(15-17-23)31(37(33,34)25-18-12-21(29)13-19-25)20-28(32)30-26-10-6-7-11-27(26)36-24-8-4-3-5-9-24/h3-19H,2,20H2,1H3,(H,30,32). The fraction of sp³-hybridized carbons (Fsp3) is 0.107. The van der Waals surface area contributed by atoms with E-state index in [-0.39, 0.29) is 10.6 Å². The summed E-state index contributed by atoms with van der Waals surface area (Å²) in [5.74, 6) is -0.515. The van der Waals surface area contributed by atoms with Gasteiger partial charge in [0.25, 0.3) is 10.0 Å². The number of hydrogen-bond donors (Lipinski definition) is 1. The van der Waals surface area contributed by atoms with Crippen molar-refractivity contribution in [1.82, 2.24) is 0 Å². The SMILES string of the molecule is CCOc1ccc(N(CC(=O)Nc2ccccc2Sc2ccccc2)S(=O)(=O)c2ccc(F)cc2)cc1. The van der Waals surface area contributed by atoms with Crippen molar-refractivity contribution in [2.45, 2.75) is 21.6 Å². The molecule has 1 N–H and O–H groups in total. The number of carbonyl (C=O) groups is 1. The highest BCUT2D eigenvalue weighted by molar-refractivity contribution is 7.99. The van der Waals surface area contributed by atoms with Gasteiger partial charge in [-0.15, -0.1) is 0 Å². The Morgan fingerprint density at radius 3 is 2.22 bits per heavy atom. The van der Waals surface area contributed by atoms with E-state index >= 15 is 0 Å². The minimum Gasteiger partial charge on any atom is -0.494 e. The van der Waals surface area contributed by atoms with Crippen molar-refractivity contribution in [3.8, 4) is 5.75 Å². The Kier molecular flexibility index (Phi) is 8.47. The van der Waals surface area contributed by atoms with Gasteiger partial charge in [-0.05, 0) is 79.7 Å². The Labute approximate surface area is 220 Å². The van der Waals surface area contributed by atoms with Gasteiger partial charge in [0, 0.05) is 9.79 Å². The number of amides is 1. The molecule has 1 amide bonds. The molecule has 0 atom stereocenters. The third-order valence-corrected chi connectivity index (χ3v) is 8.13. The topological polar surface area (TPSA) is 75.7 Å². The summed E-state index contributed by atoms with van der Waals surface area (Å²) in [5, 5.41) is 2.84. The molecule has 9 heteroatoms. The Morgan fingerprint density at radius 2 is 1.54 bits per heavy atom. The van der Waals surface area contributed by atoms with Crippen LogP contribution in [0.15, 0.2) is 118 Å². The average Bonchev–Trinajstić information content (AvgIpc) is 2.90. The lowest BCUT2D eigenvalue weighted by molar-refractivity contribution is -0.114. The van der Waals surface area contributed by atoms with Gasteiger partial charge in [-0.25, -0.2) is 12.8 Å². The second-order valence-electron chi connectivity index (χ2n) is 7.85. The van der Waals surface area contributed by atoms with Crippen LogP contribution in [0.5, 0.6) is 5.75 Å². The number of hydrogen-bond acceptors (Lipinski definition) is 5. The van der Waals surface area contributed by atoms with Crippen LogP contribution in [0.25, 0.3) is 0 Å². The second kappa shape index (κ2) is 11.9. The number of nitrogens with one attached hydrogen (secondary N) is 1. The third-order valence-electron chi connectivity index (χ3n) is 5.26. The molecule has 0 aliphatic carbocycles. The zero-order valence-corrected chi connectivity index (χ0v) is 21.6. The quantitative estimate of drug-likeness (QED) is 0.261. The van der Waals surface area contributed by atoms with Gasteiger partial charge < -0.3 is 10.1 Å². The molecule has 0 spiro atoms. The van der Waals surface area contributed by atoms with Crippen LogP contribution in [-0.4, -0.2) is 27.5 Å². The second-order valence-corrected chi connectivity index (χ2v) is 10.8. The first-order valence-electron chi connectivity index (χ1n) is 11.5. The van der Waals surface area contributed by atoms with E-state index in [1.807, 2.05) is 49.4 Å². The molecule has 0 aliphatic rings. The van der Waals surface area contributed by atoms with Crippen LogP contribution in [0.4, 0.5) is 15.8 Å². The van der Waals surface area contributed by atoms with E-state index in [0.717, 1.165) is 26.2 Å². The van der Waals surface area contributed by atoms with E-state index in [1.54, 1.807) is 36.4 Å². The number of para-hydroxylation sites is 1. The third kappa shape index (κ3) is 6.69. The number of ether oxygens (including phenoxy) is 1. The Balaban J connectivity index is 1.61. The number of sulfonamides is 1. The molecule has 6 nitrogen and oxygen atoms in total. The van der Waals surface area contributed by atoms with Crippen molar-refractivity contribution >= 4 is 39.1 Å². The largest absolute Gasteiger partial charge is 0.494 e. The summed E-state index contributed by atoms with van der Waals surface area (Å²) in [5.41, 5.74) is 0.835. The van der Waals surface area contributed by atoms with Gasteiger partial charge >= 0.3 is 0 Å². The highest BCUT2D eigenvalue weighted by Crippen LogP contribution is 2.33. The van der Waals surface area contributed by atoms with E-state index < -0.39 is 28.3 Å². The van der Waals surface area contributed by atoms with E-state index in [0.29, 0.717) is 18.0 Å². The summed E-state index contributed by atoms with van der Waals surface area (Å²) in [7, 11) is -4.18. The monoisotopic (exact) mass is 536 g/mol. The maximum atomic E-state index is 13.5. The highest BCUT2D eigenvalue weighted by atomic mass is 32.2. The molecule has 0 aromatic heterocycles. The Hall–Kier alpha value is -3.82. The van der Waals surface area contributed by atoms with Gasteiger partial charge in [-0.2, -0.15) is 0 Å². The minimum atomic E-state index is -4.18. The van der Waals surface area contributed by atoms with Gasteiger partial charge in [0.1, 0.15) is 18.1 Å². The van der Waals surface area contributed by atoms with Gasteiger partial charge in [0.05, 0.1) is 22.9 Å². The van der Waals surface area contributed by atoms with Crippen LogP contribution < -0.4 is 14.4 Å². The first kappa shape index (κ1) is 26.2. The van der Waals surface area contributed by atoms with Gasteiger partial charge in [0.15, 0.2) is 0 Å². The molecule has 0 aliphatic heterocycles. The summed E-state index contributed by atoms with van der Waals surface area (Å²) in [6.07, 6.45) is 0. The van der Waals surface area contributed by atoms with Crippen LogP contribution in [0.2, 0.25) is 0 Å². The maximum absolute atomic E-state index is 13.5. The molecule has 190 valence electrons. The smallest absolute Gasteiger partial charge is 0.264 e. The van der Waals surface area contributed by atoms with Crippen molar-refractivity contribution in [1.29, 1.82) is 0 Å². The van der Waals surface area contributed by atoms with Crippen LogP contribution >= 0.6 is 11.8 Å². The Morgan fingerprint density at radius 1 is 0.892 bits per heavy atom. The number of halogens is 1. The fourth-order valence-electron chi connectivity index (χ4n) is 3.52. The summed E-state index contributed by atoms with van der Waals surface area (Å²) >= 11 is 1.49. The molecule has 0 saturated heterocycles. The van der Waals surface area contributed by atoms with E-state index in [2.05, 4.69) is 5.32 Å². The lowest BCUT2D eigenvalue weighted by Gasteiger charge is -2.24. The predicted molar refractivity (Wildman–Crippen MR) is 144 cm³/mol. The summed E-state index contributed by atoms with van der Waals surface area (Å²) < 4.78 is 47.0. The zero-order valence-electron chi connectivity index (χ0n) is 20.0. The number of anilines is 2. The molecule has 0 heterocycles. The first-order valence-corrected chi connectivity index (χ1v) is 13.8. The van der Waals surface area contributed by atoms with Crippen molar-refractivity contribution < 1.29 is 22.3 Å². The molecule has 37 heavy (non-hydrogen) atoms. The molecule has 0 bridgehead atoms. The van der Waals surface area contributed by atoms with Crippen molar-refractivity contribution in [3.05, 3.63) is 109 Å². The number of rotatable bonds is 10. The molecule has 4 aromatic rings. The van der Waals surface area contributed by atoms with Gasteiger partial charge in [-0.3, -0.25) is 9.10 Å². The minimum absolute atomic E-state index is 0.129. The fourth-order valence-corrected chi connectivity index (χ4v) is 5.86. The molecule has 0 fully saturated rings. The van der Waals surface area contributed by atoms with Gasteiger partial charge in [-0.1, -0.05) is 42.1 Å².